The highest BCUT2D eigenvalue weighted by Gasteiger charge is 2.39. The third-order valence-corrected chi connectivity index (χ3v) is 6.29. The van der Waals surface area contributed by atoms with E-state index in [0.717, 1.165) is 25.6 Å². The van der Waals surface area contributed by atoms with Crippen molar-refractivity contribution in [1.82, 2.24) is 4.90 Å². The van der Waals surface area contributed by atoms with Gasteiger partial charge in [0.15, 0.2) is 0 Å². The number of carbonyl (C=O) groups is 1. The maximum Gasteiger partial charge on any atom is 0.500 e. The summed E-state index contributed by atoms with van der Waals surface area (Å²) in [4.78, 5) is 12.8. The van der Waals surface area contributed by atoms with Gasteiger partial charge in [0, 0.05) is 32.4 Å². The molecule has 0 bridgehead atoms. The lowest BCUT2D eigenvalue weighted by Gasteiger charge is -2.29. The van der Waals surface area contributed by atoms with E-state index in [1.54, 1.807) is 0 Å². The number of hydrogen-bond donors (Lipinski definition) is 1. The summed E-state index contributed by atoms with van der Waals surface area (Å²) in [6, 6.07) is 0.770. The second-order valence-corrected chi connectivity index (χ2v) is 7.40. The van der Waals surface area contributed by atoms with Gasteiger partial charge in [0.2, 0.25) is 0 Å². The van der Waals surface area contributed by atoms with Gasteiger partial charge >= 0.3 is 14.8 Å². The Kier molecular flexibility index (Phi) is 11.8. The van der Waals surface area contributed by atoms with Crippen molar-refractivity contribution in [3.05, 3.63) is 0 Å². The van der Waals surface area contributed by atoms with Crippen LogP contribution in [-0.2, 0) is 18.1 Å². The van der Waals surface area contributed by atoms with Crippen LogP contribution in [0.15, 0.2) is 0 Å². The first kappa shape index (κ1) is 20.5. The highest BCUT2D eigenvalue weighted by atomic mass is 28.4. The zero-order valence-corrected chi connectivity index (χ0v) is 14.9. The summed E-state index contributed by atoms with van der Waals surface area (Å²) in [7, 11) is -2.56. The third kappa shape index (κ3) is 9.21. The Bertz CT molecular complexity index is 261. The molecular formula is C14H31NO5Si. The van der Waals surface area contributed by atoms with E-state index in [1.807, 2.05) is 27.7 Å². The first-order valence-electron chi connectivity index (χ1n) is 7.89. The van der Waals surface area contributed by atoms with Gasteiger partial charge in [-0.3, -0.25) is 4.79 Å². The molecule has 6 nitrogen and oxygen atoms in total. The van der Waals surface area contributed by atoms with Crippen molar-refractivity contribution in [2.24, 2.45) is 0 Å². The maximum absolute atomic E-state index is 10.6. The van der Waals surface area contributed by atoms with Gasteiger partial charge in [0.05, 0.1) is 6.42 Å². The predicted molar refractivity (Wildman–Crippen MR) is 84.4 cm³/mol. The fourth-order valence-electron chi connectivity index (χ4n) is 2.20. The Morgan fingerprint density at radius 1 is 1.00 bits per heavy atom. The average Bonchev–Trinajstić information content (AvgIpc) is 2.43. The fourth-order valence-corrected chi connectivity index (χ4v) is 4.80. The topological polar surface area (TPSA) is 68.2 Å². The maximum atomic E-state index is 10.6. The van der Waals surface area contributed by atoms with Gasteiger partial charge in [-0.2, -0.15) is 0 Å². The van der Waals surface area contributed by atoms with Crippen LogP contribution in [0.1, 0.15) is 40.5 Å². The molecule has 0 aliphatic heterocycles. The number of rotatable bonds is 14. The van der Waals surface area contributed by atoms with Crippen molar-refractivity contribution in [2.45, 2.75) is 46.6 Å². The van der Waals surface area contributed by atoms with Crippen molar-refractivity contribution in [3.8, 4) is 0 Å². The molecule has 126 valence electrons. The molecule has 0 atom stereocenters. The molecule has 0 aromatic carbocycles. The van der Waals surface area contributed by atoms with Crippen molar-refractivity contribution in [1.29, 1.82) is 0 Å². The van der Waals surface area contributed by atoms with Crippen LogP contribution in [0.2, 0.25) is 6.04 Å². The zero-order chi connectivity index (χ0) is 16.1. The molecule has 0 amide bonds. The van der Waals surface area contributed by atoms with E-state index in [2.05, 4.69) is 4.90 Å². The van der Waals surface area contributed by atoms with Crippen LogP contribution < -0.4 is 0 Å². The highest BCUT2D eigenvalue weighted by Crippen LogP contribution is 2.18. The summed E-state index contributed by atoms with van der Waals surface area (Å²) in [5.74, 6) is -0.755. The molecule has 0 radical (unpaired) electrons. The van der Waals surface area contributed by atoms with E-state index in [4.69, 9.17) is 18.4 Å². The molecule has 0 saturated heterocycles. The average molecular weight is 321 g/mol. The summed E-state index contributed by atoms with van der Waals surface area (Å²) in [6.07, 6.45) is 1.07. The van der Waals surface area contributed by atoms with Crippen LogP contribution in [0, 0.1) is 0 Å². The van der Waals surface area contributed by atoms with Gasteiger partial charge < -0.3 is 23.3 Å². The van der Waals surface area contributed by atoms with Gasteiger partial charge in [0.25, 0.3) is 0 Å². The van der Waals surface area contributed by atoms with Crippen LogP contribution >= 0.6 is 0 Å². The Labute approximate surface area is 129 Å². The smallest absolute Gasteiger partial charge is 0.481 e. The molecule has 0 saturated carbocycles. The van der Waals surface area contributed by atoms with E-state index >= 15 is 0 Å². The highest BCUT2D eigenvalue weighted by molar-refractivity contribution is 6.60. The van der Waals surface area contributed by atoms with Crippen LogP contribution in [0.25, 0.3) is 0 Å². The second kappa shape index (κ2) is 12.1. The molecule has 7 heteroatoms. The van der Waals surface area contributed by atoms with Gasteiger partial charge in [-0.15, -0.1) is 0 Å². The molecule has 0 spiro atoms. The third-order valence-electron chi connectivity index (χ3n) is 3.14. The van der Waals surface area contributed by atoms with Crippen LogP contribution in [0.4, 0.5) is 0 Å². The number of nitrogens with zero attached hydrogens (tertiary/aromatic N) is 1. The van der Waals surface area contributed by atoms with Gasteiger partial charge in [-0.05, 0) is 40.3 Å². The minimum Gasteiger partial charge on any atom is -0.481 e. The van der Waals surface area contributed by atoms with E-state index in [1.165, 1.54) is 0 Å². The quantitative estimate of drug-likeness (QED) is 0.495. The van der Waals surface area contributed by atoms with Gasteiger partial charge in [0.1, 0.15) is 0 Å². The van der Waals surface area contributed by atoms with Crippen molar-refractivity contribution >= 4 is 14.8 Å². The van der Waals surface area contributed by atoms with Crippen LogP contribution in [0.5, 0.6) is 0 Å². The first-order valence-corrected chi connectivity index (χ1v) is 9.82. The minimum atomic E-state index is -2.56. The Hall–Kier alpha value is -0.473. The molecule has 0 unspecified atom stereocenters. The normalized spacial score (nSPS) is 12.0. The van der Waals surface area contributed by atoms with Crippen molar-refractivity contribution < 1.29 is 23.2 Å². The Morgan fingerprint density at radius 3 is 1.90 bits per heavy atom. The van der Waals surface area contributed by atoms with Crippen molar-refractivity contribution in [2.75, 3.05) is 39.5 Å². The molecule has 0 rings (SSSR count). The van der Waals surface area contributed by atoms with E-state index in [9.17, 15) is 4.79 Å². The zero-order valence-electron chi connectivity index (χ0n) is 13.9. The van der Waals surface area contributed by atoms with Gasteiger partial charge in [-0.1, -0.05) is 6.92 Å². The summed E-state index contributed by atoms with van der Waals surface area (Å²) in [5, 5.41) is 8.74. The lowest BCUT2D eigenvalue weighted by molar-refractivity contribution is -0.137. The molecule has 0 heterocycles. The second-order valence-electron chi connectivity index (χ2n) is 4.66. The molecule has 0 aliphatic carbocycles. The summed E-state index contributed by atoms with van der Waals surface area (Å²) < 4.78 is 17.4. The van der Waals surface area contributed by atoms with Crippen molar-refractivity contribution in [3.63, 3.8) is 0 Å². The molecule has 0 aromatic heterocycles. The number of carboxylic acid groups (broad SMARTS) is 1. The number of carboxylic acids is 1. The summed E-state index contributed by atoms with van der Waals surface area (Å²) >= 11 is 0. The Morgan fingerprint density at radius 2 is 1.52 bits per heavy atom. The first-order chi connectivity index (χ1) is 10.0. The minimum absolute atomic E-state index is 0.179. The monoisotopic (exact) mass is 321 g/mol. The van der Waals surface area contributed by atoms with E-state index in [-0.39, 0.29) is 6.42 Å². The summed E-state index contributed by atoms with van der Waals surface area (Å²) in [6.45, 7) is 11.9. The van der Waals surface area contributed by atoms with E-state index in [0.29, 0.717) is 26.4 Å². The molecule has 0 aromatic rings. The molecule has 0 aliphatic rings. The number of hydrogen-bond acceptors (Lipinski definition) is 5. The standard InChI is InChI=1S/C14H31NO5Si/c1-5-15(12-10-14(16)17)11-9-13-21(18-6-2,19-7-3)20-8-4/h5-13H2,1-4H3,(H,16,17). The lowest BCUT2D eigenvalue weighted by Crippen LogP contribution is -2.46. The summed E-state index contributed by atoms with van der Waals surface area (Å²) in [5.41, 5.74) is 0. The number of aliphatic carboxylic acids is 1. The Balaban J connectivity index is 4.34. The molecule has 1 N–H and O–H groups in total. The van der Waals surface area contributed by atoms with Crippen LogP contribution in [-0.4, -0.2) is 64.2 Å². The lowest BCUT2D eigenvalue weighted by atomic mass is 10.3. The van der Waals surface area contributed by atoms with Gasteiger partial charge in [-0.25, -0.2) is 0 Å². The SMILES string of the molecule is CCO[Si](CCCN(CC)CCC(=O)O)(OCC)OCC. The predicted octanol–water partition coefficient (Wildman–Crippen LogP) is 2.22. The van der Waals surface area contributed by atoms with Crippen LogP contribution in [0.3, 0.4) is 0 Å². The molecule has 0 fully saturated rings. The van der Waals surface area contributed by atoms with E-state index < -0.39 is 14.8 Å². The fraction of sp³-hybridized carbons (Fsp3) is 0.929. The molecular weight excluding hydrogens is 290 g/mol. The molecule has 21 heavy (non-hydrogen) atoms. The largest absolute Gasteiger partial charge is 0.500 e.